The number of anilines is 3. The zero-order valence-electron chi connectivity index (χ0n) is 17.2. The van der Waals surface area contributed by atoms with E-state index < -0.39 is 0 Å². The first-order chi connectivity index (χ1) is 14.1. The van der Waals surface area contributed by atoms with E-state index in [-0.39, 0.29) is 5.91 Å². The number of aryl methyl sites for hydroxylation is 1. The Labute approximate surface area is 172 Å². The minimum atomic E-state index is -0.00781. The second-order valence-electron chi connectivity index (χ2n) is 7.96. The van der Waals surface area contributed by atoms with Gasteiger partial charge in [0.05, 0.1) is 24.6 Å². The van der Waals surface area contributed by atoms with Gasteiger partial charge in [-0.3, -0.25) is 4.79 Å². The molecule has 0 bridgehead atoms. The smallest absolute Gasteiger partial charge is 0.272 e. The lowest BCUT2D eigenvalue weighted by Gasteiger charge is -2.31. The van der Waals surface area contributed by atoms with Crippen molar-refractivity contribution in [3.63, 3.8) is 0 Å². The quantitative estimate of drug-likeness (QED) is 0.857. The van der Waals surface area contributed by atoms with E-state index in [0.717, 1.165) is 62.9 Å². The first-order valence-electron chi connectivity index (χ1n) is 10.4. The molecule has 1 amide bonds. The molecule has 0 saturated carbocycles. The van der Waals surface area contributed by atoms with E-state index in [0.29, 0.717) is 17.6 Å². The Morgan fingerprint density at radius 3 is 2.76 bits per heavy atom. The van der Waals surface area contributed by atoms with Gasteiger partial charge in [-0.2, -0.15) is 0 Å². The molecule has 2 aliphatic rings. The van der Waals surface area contributed by atoms with Crippen LogP contribution in [0.5, 0.6) is 0 Å². The third kappa shape index (κ3) is 4.67. The van der Waals surface area contributed by atoms with Gasteiger partial charge in [-0.1, -0.05) is 19.1 Å². The van der Waals surface area contributed by atoms with Gasteiger partial charge in [-0.15, -0.1) is 0 Å². The predicted molar refractivity (Wildman–Crippen MR) is 114 cm³/mol. The maximum Gasteiger partial charge on any atom is 0.272 e. The summed E-state index contributed by atoms with van der Waals surface area (Å²) in [5.41, 5.74) is 3.27. The van der Waals surface area contributed by atoms with Gasteiger partial charge in [0.15, 0.2) is 0 Å². The maximum absolute atomic E-state index is 13.0. The van der Waals surface area contributed by atoms with E-state index in [1.54, 1.807) is 6.07 Å². The molecular weight excluding hydrogens is 366 g/mol. The SMILES string of the molecule is Cc1cc(C(=O)N2CCCC(C)C2)nc(Nc2ccccc2N2CCOCC2)n1. The molecule has 1 unspecified atom stereocenters. The molecule has 1 aromatic carbocycles. The number of amides is 1. The third-order valence-corrected chi connectivity index (χ3v) is 5.52. The fraction of sp³-hybridized carbons (Fsp3) is 0.500. The van der Waals surface area contributed by atoms with Crippen LogP contribution >= 0.6 is 0 Å². The number of para-hydroxylation sites is 2. The van der Waals surface area contributed by atoms with Crippen LogP contribution in [0.25, 0.3) is 0 Å². The lowest BCUT2D eigenvalue weighted by Crippen LogP contribution is -2.39. The molecule has 1 N–H and O–H groups in total. The fourth-order valence-electron chi connectivity index (χ4n) is 4.05. The molecule has 7 nitrogen and oxygen atoms in total. The Kier molecular flexibility index (Phi) is 5.94. The minimum Gasteiger partial charge on any atom is -0.378 e. The number of nitrogens with one attached hydrogen (secondary N) is 1. The number of piperidine rings is 1. The summed E-state index contributed by atoms with van der Waals surface area (Å²) in [7, 11) is 0. The molecule has 2 saturated heterocycles. The van der Waals surface area contributed by atoms with Crippen LogP contribution in [-0.4, -0.2) is 60.2 Å². The summed E-state index contributed by atoms with van der Waals surface area (Å²) in [6.45, 7) is 8.84. The number of aromatic nitrogens is 2. The highest BCUT2D eigenvalue weighted by Crippen LogP contribution is 2.28. The summed E-state index contributed by atoms with van der Waals surface area (Å²) in [5.74, 6) is 0.985. The second-order valence-corrected chi connectivity index (χ2v) is 7.96. The number of carbonyl (C=O) groups is 1. The molecule has 2 aliphatic heterocycles. The zero-order valence-corrected chi connectivity index (χ0v) is 17.2. The molecule has 2 aromatic rings. The van der Waals surface area contributed by atoms with Crippen LogP contribution in [0.2, 0.25) is 0 Å². The molecular formula is C22H29N5O2. The average Bonchev–Trinajstić information content (AvgIpc) is 2.74. The Morgan fingerprint density at radius 2 is 1.97 bits per heavy atom. The first kappa shape index (κ1) is 19.6. The van der Waals surface area contributed by atoms with Crippen molar-refractivity contribution in [2.45, 2.75) is 26.7 Å². The summed E-state index contributed by atoms with van der Waals surface area (Å²) in [6, 6.07) is 9.90. The number of rotatable bonds is 4. The number of nitrogens with zero attached hydrogens (tertiary/aromatic N) is 4. The van der Waals surface area contributed by atoms with Crippen LogP contribution in [0, 0.1) is 12.8 Å². The van der Waals surface area contributed by atoms with E-state index >= 15 is 0 Å². The van der Waals surface area contributed by atoms with E-state index in [9.17, 15) is 4.79 Å². The summed E-state index contributed by atoms with van der Waals surface area (Å²) in [6.07, 6.45) is 2.23. The number of ether oxygens (including phenoxy) is 1. The van der Waals surface area contributed by atoms with Crippen LogP contribution in [0.3, 0.4) is 0 Å². The molecule has 1 atom stereocenters. The molecule has 29 heavy (non-hydrogen) atoms. The summed E-state index contributed by atoms with van der Waals surface area (Å²) < 4.78 is 5.47. The minimum absolute atomic E-state index is 0.00781. The van der Waals surface area contributed by atoms with E-state index in [4.69, 9.17) is 4.74 Å². The molecule has 1 aromatic heterocycles. The molecule has 0 aliphatic carbocycles. The average molecular weight is 396 g/mol. The summed E-state index contributed by atoms with van der Waals surface area (Å²) >= 11 is 0. The molecule has 0 spiro atoms. The Hall–Kier alpha value is -2.67. The van der Waals surface area contributed by atoms with Gasteiger partial charge < -0.3 is 19.9 Å². The van der Waals surface area contributed by atoms with Crippen molar-refractivity contribution in [2.75, 3.05) is 49.6 Å². The molecule has 154 valence electrons. The van der Waals surface area contributed by atoms with Gasteiger partial charge in [0.2, 0.25) is 5.95 Å². The Balaban J connectivity index is 1.56. The predicted octanol–water partition coefficient (Wildman–Crippen LogP) is 3.24. The molecule has 7 heteroatoms. The van der Waals surface area contributed by atoms with Crippen LogP contribution in [0.15, 0.2) is 30.3 Å². The Morgan fingerprint density at radius 1 is 1.17 bits per heavy atom. The standard InChI is InChI=1S/C22H29N5O2/c1-16-6-5-9-27(15-16)21(28)19-14-17(2)23-22(25-19)24-18-7-3-4-8-20(18)26-10-12-29-13-11-26/h3-4,7-8,14,16H,5-6,9-13,15H2,1-2H3,(H,23,24,25). The van der Waals surface area contributed by atoms with Crippen LogP contribution in [0.1, 0.15) is 35.9 Å². The van der Waals surface area contributed by atoms with Crippen molar-refractivity contribution in [3.05, 3.63) is 41.7 Å². The number of benzene rings is 1. The van der Waals surface area contributed by atoms with Crippen molar-refractivity contribution in [1.29, 1.82) is 0 Å². The lowest BCUT2D eigenvalue weighted by atomic mass is 10.00. The normalized spacial score (nSPS) is 19.9. The van der Waals surface area contributed by atoms with Crippen molar-refractivity contribution >= 4 is 23.2 Å². The zero-order chi connectivity index (χ0) is 20.2. The van der Waals surface area contributed by atoms with Gasteiger partial charge in [-0.05, 0) is 43.9 Å². The summed E-state index contributed by atoms with van der Waals surface area (Å²) in [5, 5.41) is 3.34. The van der Waals surface area contributed by atoms with E-state index in [1.165, 1.54) is 6.42 Å². The number of likely N-dealkylation sites (tertiary alicyclic amines) is 1. The highest BCUT2D eigenvalue weighted by atomic mass is 16.5. The van der Waals surface area contributed by atoms with E-state index in [1.807, 2.05) is 30.0 Å². The van der Waals surface area contributed by atoms with E-state index in [2.05, 4.69) is 33.2 Å². The van der Waals surface area contributed by atoms with Gasteiger partial charge in [0, 0.05) is 31.9 Å². The maximum atomic E-state index is 13.0. The molecule has 3 heterocycles. The van der Waals surface area contributed by atoms with Crippen LogP contribution in [-0.2, 0) is 4.74 Å². The number of hydrogen-bond acceptors (Lipinski definition) is 6. The van der Waals surface area contributed by atoms with Crippen molar-refractivity contribution in [1.82, 2.24) is 14.9 Å². The fourth-order valence-corrected chi connectivity index (χ4v) is 4.05. The molecule has 2 fully saturated rings. The van der Waals surface area contributed by atoms with Gasteiger partial charge in [0.1, 0.15) is 5.69 Å². The van der Waals surface area contributed by atoms with Crippen LogP contribution < -0.4 is 10.2 Å². The third-order valence-electron chi connectivity index (χ3n) is 5.52. The van der Waals surface area contributed by atoms with Crippen molar-refractivity contribution in [3.8, 4) is 0 Å². The first-order valence-corrected chi connectivity index (χ1v) is 10.4. The highest BCUT2D eigenvalue weighted by molar-refractivity contribution is 5.93. The summed E-state index contributed by atoms with van der Waals surface area (Å²) in [4.78, 5) is 26.3. The second kappa shape index (κ2) is 8.78. The van der Waals surface area contributed by atoms with Crippen molar-refractivity contribution < 1.29 is 9.53 Å². The van der Waals surface area contributed by atoms with Gasteiger partial charge in [-0.25, -0.2) is 9.97 Å². The monoisotopic (exact) mass is 395 g/mol. The van der Waals surface area contributed by atoms with Gasteiger partial charge in [0.25, 0.3) is 5.91 Å². The number of carbonyl (C=O) groups excluding carboxylic acids is 1. The molecule has 0 radical (unpaired) electrons. The van der Waals surface area contributed by atoms with Crippen molar-refractivity contribution in [2.24, 2.45) is 5.92 Å². The molecule has 4 rings (SSSR count). The van der Waals surface area contributed by atoms with Crippen LogP contribution in [0.4, 0.5) is 17.3 Å². The Bertz CT molecular complexity index is 866. The lowest BCUT2D eigenvalue weighted by molar-refractivity contribution is 0.0677. The number of hydrogen-bond donors (Lipinski definition) is 1. The van der Waals surface area contributed by atoms with Gasteiger partial charge >= 0.3 is 0 Å². The number of morpholine rings is 1. The highest BCUT2D eigenvalue weighted by Gasteiger charge is 2.24. The largest absolute Gasteiger partial charge is 0.378 e. The topological polar surface area (TPSA) is 70.6 Å².